The standard InChI is InChI=1S/C10H14O3Si/c1-6-4-5-8(10(11)12)9(7(6)2)14-13-3/h4-5H,14H2,1-3H3,(H,11,12). The van der Waals surface area contributed by atoms with Crippen molar-refractivity contribution in [1.29, 1.82) is 0 Å². The average molecular weight is 210 g/mol. The summed E-state index contributed by atoms with van der Waals surface area (Å²) in [5.74, 6) is -0.868. The first-order chi connectivity index (χ1) is 6.57. The van der Waals surface area contributed by atoms with Crippen LogP contribution in [0.15, 0.2) is 12.1 Å². The molecule has 1 aromatic carbocycles. The molecule has 0 bridgehead atoms. The van der Waals surface area contributed by atoms with Crippen LogP contribution in [0.3, 0.4) is 0 Å². The Kier molecular flexibility index (Phi) is 3.43. The van der Waals surface area contributed by atoms with E-state index in [0.717, 1.165) is 16.3 Å². The molecule has 0 spiro atoms. The predicted molar refractivity (Wildman–Crippen MR) is 58.1 cm³/mol. The molecule has 0 fully saturated rings. The summed E-state index contributed by atoms with van der Waals surface area (Å²) in [7, 11) is 0.721. The first-order valence-corrected chi connectivity index (χ1v) is 5.67. The summed E-state index contributed by atoms with van der Waals surface area (Å²) >= 11 is 0. The maximum absolute atomic E-state index is 10.9. The van der Waals surface area contributed by atoms with E-state index in [2.05, 4.69) is 0 Å². The Balaban J connectivity index is 3.29. The van der Waals surface area contributed by atoms with Gasteiger partial charge in [-0.1, -0.05) is 6.07 Å². The van der Waals surface area contributed by atoms with Gasteiger partial charge in [-0.3, -0.25) is 0 Å². The van der Waals surface area contributed by atoms with Crippen molar-refractivity contribution in [3.05, 3.63) is 28.8 Å². The fraction of sp³-hybridized carbons (Fsp3) is 0.300. The van der Waals surface area contributed by atoms with Gasteiger partial charge < -0.3 is 9.53 Å². The molecule has 0 aliphatic heterocycles. The molecule has 4 heteroatoms. The first-order valence-electron chi connectivity index (χ1n) is 4.39. The molecule has 0 aliphatic carbocycles. The number of carboxylic acid groups (broad SMARTS) is 1. The lowest BCUT2D eigenvalue weighted by molar-refractivity contribution is 0.0698. The molecule has 3 nitrogen and oxygen atoms in total. The van der Waals surface area contributed by atoms with E-state index in [0.29, 0.717) is 5.56 Å². The number of benzene rings is 1. The molecule has 0 aliphatic rings. The van der Waals surface area contributed by atoms with Crippen molar-refractivity contribution in [1.82, 2.24) is 0 Å². The van der Waals surface area contributed by atoms with Crippen LogP contribution < -0.4 is 5.19 Å². The highest BCUT2D eigenvalue weighted by Crippen LogP contribution is 2.07. The van der Waals surface area contributed by atoms with Crippen molar-refractivity contribution < 1.29 is 14.3 Å². The Labute approximate surface area is 85.7 Å². The summed E-state index contributed by atoms with van der Waals surface area (Å²) in [6.07, 6.45) is 0. The van der Waals surface area contributed by atoms with Gasteiger partial charge in [0.2, 0.25) is 0 Å². The van der Waals surface area contributed by atoms with Crippen LogP contribution >= 0.6 is 0 Å². The molecule has 0 unspecified atom stereocenters. The second-order valence-corrected chi connectivity index (χ2v) is 4.84. The first kappa shape index (κ1) is 10.9. The third kappa shape index (κ3) is 2.02. The molecule has 76 valence electrons. The Morgan fingerprint density at radius 3 is 2.57 bits per heavy atom. The van der Waals surface area contributed by atoms with Crippen molar-refractivity contribution in [2.75, 3.05) is 7.11 Å². The second-order valence-electron chi connectivity index (χ2n) is 3.27. The van der Waals surface area contributed by atoms with Gasteiger partial charge in [0.05, 0.1) is 5.56 Å². The number of rotatable bonds is 3. The quantitative estimate of drug-likeness (QED) is 0.733. The Bertz CT molecular complexity index is 361. The maximum atomic E-state index is 10.9. The summed E-state index contributed by atoms with van der Waals surface area (Å²) in [5.41, 5.74) is 2.56. The van der Waals surface area contributed by atoms with Crippen molar-refractivity contribution in [2.24, 2.45) is 0 Å². The number of hydrogen-bond donors (Lipinski definition) is 1. The number of aryl methyl sites for hydroxylation is 1. The Hall–Kier alpha value is -1.13. The number of carboxylic acids is 1. The topological polar surface area (TPSA) is 46.5 Å². The molecule has 14 heavy (non-hydrogen) atoms. The van der Waals surface area contributed by atoms with Gasteiger partial charge in [0.25, 0.3) is 0 Å². The fourth-order valence-corrected chi connectivity index (χ4v) is 2.61. The van der Waals surface area contributed by atoms with E-state index in [-0.39, 0.29) is 0 Å². The van der Waals surface area contributed by atoms with E-state index in [9.17, 15) is 4.79 Å². The molecule has 0 saturated heterocycles. The molecule has 0 radical (unpaired) electrons. The van der Waals surface area contributed by atoms with Gasteiger partial charge in [-0.05, 0) is 36.2 Å². The van der Waals surface area contributed by atoms with Gasteiger partial charge in [0, 0.05) is 7.11 Å². The number of aromatic carboxylic acids is 1. The molecule has 1 aromatic rings. The number of carbonyl (C=O) groups is 1. The van der Waals surface area contributed by atoms with E-state index < -0.39 is 15.7 Å². The summed E-state index contributed by atoms with van der Waals surface area (Å²) in [4.78, 5) is 10.9. The lowest BCUT2D eigenvalue weighted by Gasteiger charge is -2.10. The van der Waals surface area contributed by atoms with Gasteiger partial charge in [-0.25, -0.2) is 4.79 Å². The zero-order chi connectivity index (χ0) is 10.7. The zero-order valence-electron chi connectivity index (χ0n) is 8.63. The van der Waals surface area contributed by atoms with E-state index >= 15 is 0 Å². The summed E-state index contributed by atoms with van der Waals surface area (Å²) in [6, 6.07) is 3.50. The third-order valence-corrected chi connectivity index (χ3v) is 3.88. The maximum Gasteiger partial charge on any atom is 0.335 e. The minimum absolute atomic E-state index is 0.390. The summed E-state index contributed by atoms with van der Waals surface area (Å²) < 4.78 is 5.13. The molecule has 0 aromatic heterocycles. The van der Waals surface area contributed by atoms with E-state index in [1.54, 1.807) is 13.2 Å². The normalized spacial score (nSPS) is 11.1. The van der Waals surface area contributed by atoms with Crippen LogP contribution in [0.25, 0.3) is 0 Å². The summed E-state index contributed by atoms with van der Waals surface area (Å²) in [6.45, 7) is 3.93. The highest BCUT2D eigenvalue weighted by atomic mass is 28.2. The Morgan fingerprint density at radius 2 is 2.07 bits per heavy atom. The van der Waals surface area contributed by atoms with Crippen LogP contribution in [0, 0.1) is 13.8 Å². The molecular weight excluding hydrogens is 196 g/mol. The van der Waals surface area contributed by atoms with Crippen molar-refractivity contribution in [2.45, 2.75) is 13.8 Å². The largest absolute Gasteiger partial charge is 0.478 e. The Morgan fingerprint density at radius 1 is 1.43 bits per heavy atom. The van der Waals surface area contributed by atoms with E-state index in [1.807, 2.05) is 19.9 Å². The smallest absolute Gasteiger partial charge is 0.335 e. The van der Waals surface area contributed by atoms with Crippen LogP contribution in [0.5, 0.6) is 0 Å². The van der Waals surface area contributed by atoms with Gasteiger partial charge >= 0.3 is 5.97 Å². The molecule has 0 atom stereocenters. The minimum Gasteiger partial charge on any atom is -0.478 e. The van der Waals surface area contributed by atoms with Gasteiger partial charge in [-0.2, -0.15) is 0 Å². The lowest BCUT2D eigenvalue weighted by Crippen LogP contribution is -2.27. The molecule has 1 rings (SSSR count). The SMILES string of the molecule is CO[SiH2]c1c(C(=O)O)ccc(C)c1C. The predicted octanol–water partition coefficient (Wildman–Crippen LogP) is 0.357. The number of hydrogen-bond acceptors (Lipinski definition) is 2. The molecule has 0 saturated carbocycles. The third-order valence-electron chi connectivity index (χ3n) is 2.39. The van der Waals surface area contributed by atoms with Gasteiger partial charge in [0.1, 0.15) is 0 Å². The molecule has 0 heterocycles. The van der Waals surface area contributed by atoms with Crippen LogP contribution in [-0.2, 0) is 4.43 Å². The van der Waals surface area contributed by atoms with Crippen LogP contribution in [0.4, 0.5) is 0 Å². The average Bonchev–Trinajstić information content (AvgIpc) is 2.13. The van der Waals surface area contributed by atoms with Crippen LogP contribution in [-0.4, -0.2) is 27.9 Å². The fourth-order valence-electron chi connectivity index (χ4n) is 1.40. The van der Waals surface area contributed by atoms with Gasteiger partial charge in [-0.15, -0.1) is 0 Å². The minimum atomic E-state index is -0.904. The highest BCUT2D eigenvalue weighted by molar-refractivity contribution is 6.50. The van der Waals surface area contributed by atoms with Crippen LogP contribution in [0.2, 0.25) is 0 Å². The van der Waals surface area contributed by atoms with E-state index in [4.69, 9.17) is 9.53 Å². The van der Waals surface area contributed by atoms with E-state index in [1.165, 1.54) is 0 Å². The lowest BCUT2D eigenvalue weighted by atomic mass is 10.1. The molecule has 1 N–H and O–H groups in total. The highest BCUT2D eigenvalue weighted by Gasteiger charge is 2.13. The monoisotopic (exact) mass is 210 g/mol. The van der Waals surface area contributed by atoms with Gasteiger partial charge in [0.15, 0.2) is 9.76 Å². The van der Waals surface area contributed by atoms with Crippen molar-refractivity contribution >= 4 is 20.9 Å². The van der Waals surface area contributed by atoms with Crippen molar-refractivity contribution in [3.8, 4) is 0 Å². The summed E-state index contributed by atoms with van der Waals surface area (Å²) in [5, 5.41) is 9.88. The van der Waals surface area contributed by atoms with Crippen LogP contribution in [0.1, 0.15) is 21.5 Å². The zero-order valence-corrected chi connectivity index (χ0v) is 10.0. The molecule has 0 amide bonds. The molecular formula is C10H14O3Si. The van der Waals surface area contributed by atoms with Crippen molar-refractivity contribution in [3.63, 3.8) is 0 Å². The second kappa shape index (κ2) is 4.39.